The second-order valence-electron chi connectivity index (χ2n) is 6.82. The highest BCUT2D eigenvalue weighted by atomic mass is 16.5. The van der Waals surface area contributed by atoms with Crippen LogP contribution in [-0.2, 0) is 20.9 Å². The van der Waals surface area contributed by atoms with Gasteiger partial charge in [-0.1, -0.05) is 31.2 Å². The summed E-state index contributed by atoms with van der Waals surface area (Å²) in [7, 11) is 0. The van der Waals surface area contributed by atoms with Crippen LogP contribution in [0.3, 0.4) is 0 Å². The fraction of sp³-hybridized carbons (Fsp3) is 0.632. The van der Waals surface area contributed by atoms with Crippen LogP contribution in [-0.4, -0.2) is 42.7 Å². The number of rotatable bonds is 4. The maximum absolute atomic E-state index is 12.5. The lowest BCUT2D eigenvalue weighted by atomic mass is 10.0. The predicted octanol–water partition coefficient (Wildman–Crippen LogP) is 2.93. The van der Waals surface area contributed by atoms with Gasteiger partial charge in [0.15, 0.2) is 0 Å². The number of aryl methyl sites for hydroxylation is 1. The van der Waals surface area contributed by atoms with Crippen LogP contribution in [0.15, 0.2) is 24.3 Å². The summed E-state index contributed by atoms with van der Waals surface area (Å²) in [4.78, 5) is 14.5. The van der Waals surface area contributed by atoms with Gasteiger partial charge in [-0.25, -0.2) is 0 Å². The Bertz CT molecular complexity index is 537. The minimum atomic E-state index is -0.223. The molecule has 0 aromatic heterocycles. The van der Waals surface area contributed by atoms with E-state index in [1.807, 2.05) is 4.90 Å². The Hall–Kier alpha value is -1.39. The second kappa shape index (κ2) is 7.45. The van der Waals surface area contributed by atoms with Crippen molar-refractivity contribution in [3.8, 4) is 0 Å². The molecule has 2 aliphatic rings. The molecular formula is C19H27NO3. The van der Waals surface area contributed by atoms with Crippen LogP contribution in [0.5, 0.6) is 0 Å². The Labute approximate surface area is 138 Å². The van der Waals surface area contributed by atoms with Crippen LogP contribution < -0.4 is 0 Å². The highest BCUT2D eigenvalue weighted by molar-refractivity contribution is 5.81. The van der Waals surface area contributed by atoms with E-state index in [1.165, 1.54) is 11.1 Å². The summed E-state index contributed by atoms with van der Waals surface area (Å²) in [5.74, 6) is 0.518. The van der Waals surface area contributed by atoms with Gasteiger partial charge in [0.2, 0.25) is 0 Å². The van der Waals surface area contributed by atoms with Crippen molar-refractivity contribution in [1.29, 1.82) is 0 Å². The maximum Gasteiger partial charge on any atom is 0.251 e. The average molecular weight is 317 g/mol. The molecular weight excluding hydrogens is 290 g/mol. The molecule has 2 atom stereocenters. The van der Waals surface area contributed by atoms with Crippen molar-refractivity contribution < 1.29 is 14.3 Å². The van der Waals surface area contributed by atoms with Crippen LogP contribution >= 0.6 is 0 Å². The van der Waals surface area contributed by atoms with Gasteiger partial charge in [-0.05, 0) is 43.2 Å². The van der Waals surface area contributed by atoms with Gasteiger partial charge in [0.05, 0.1) is 12.7 Å². The Morgan fingerprint density at radius 1 is 1.26 bits per heavy atom. The number of benzene rings is 1. The number of carbonyl (C=O) groups is 1. The minimum absolute atomic E-state index is 0.173. The van der Waals surface area contributed by atoms with Crippen molar-refractivity contribution in [2.75, 3.05) is 19.7 Å². The Morgan fingerprint density at radius 2 is 2.00 bits per heavy atom. The van der Waals surface area contributed by atoms with E-state index in [4.69, 9.17) is 9.47 Å². The molecule has 4 heteroatoms. The van der Waals surface area contributed by atoms with Crippen molar-refractivity contribution in [2.24, 2.45) is 5.92 Å². The van der Waals surface area contributed by atoms with Gasteiger partial charge in [-0.15, -0.1) is 0 Å². The molecule has 2 heterocycles. The van der Waals surface area contributed by atoms with Crippen molar-refractivity contribution in [3.05, 3.63) is 35.4 Å². The minimum Gasteiger partial charge on any atom is -0.373 e. The lowest BCUT2D eigenvalue weighted by molar-refractivity contribution is -0.145. The number of piperidine rings is 1. The van der Waals surface area contributed by atoms with E-state index >= 15 is 0 Å². The number of hydrogen-bond donors (Lipinski definition) is 0. The summed E-state index contributed by atoms with van der Waals surface area (Å²) in [6.45, 7) is 7.16. The van der Waals surface area contributed by atoms with Gasteiger partial charge in [0.25, 0.3) is 5.91 Å². The van der Waals surface area contributed by atoms with E-state index < -0.39 is 0 Å². The Kier molecular flexibility index (Phi) is 5.34. The number of nitrogens with zero attached hydrogens (tertiary/aromatic N) is 1. The molecule has 1 amide bonds. The molecule has 0 N–H and O–H groups in total. The highest BCUT2D eigenvalue weighted by Gasteiger charge is 2.35. The third-order valence-corrected chi connectivity index (χ3v) is 5.12. The zero-order chi connectivity index (χ0) is 16.2. The maximum atomic E-state index is 12.5. The number of likely N-dealkylation sites (tertiary alicyclic amines) is 1. The largest absolute Gasteiger partial charge is 0.373 e. The summed E-state index contributed by atoms with van der Waals surface area (Å²) in [6, 6.07) is 8.33. The van der Waals surface area contributed by atoms with Crippen LogP contribution in [0.1, 0.15) is 37.3 Å². The van der Waals surface area contributed by atoms with E-state index in [0.29, 0.717) is 19.1 Å². The van der Waals surface area contributed by atoms with Gasteiger partial charge in [-0.3, -0.25) is 4.79 Å². The predicted molar refractivity (Wildman–Crippen MR) is 89.1 cm³/mol. The van der Waals surface area contributed by atoms with Crippen molar-refractivity contribution in [2.45, 2.75) is 51.9 Å². The molecule has 23 heavy (non-hydrogen) atoms. The monoisotopic (exact) mass is 317 g/mol. The second-order valence-corrected chi connectivity index (χ2v) is 6.82. The molecule has 126 valence electrons. The van der Waals surface area contributed by atoms with Crippen LogP contribution in [0.4, 0.5) is 0 Å². The van der Waals surface area contributed by atoms with Crippen LogP contribution in [0, 0.1) is 12.8 Å². The first kappa shape index (κ1) is 16.5. The lowest BCUT2D eigenvalue weighted by Crippen LogP contribution is -2.46. The van der Waals surface area contributed by atoms with E-state index in [1.54, 1.807) is 0 Å². The highest BCUT2D eigenvalue weighted by Crippen LogP contribution is 2.24. The molecule has 0 radical (unpaired) electrons. The van der Waals surface area contributed by atoms with Gasteiger partial charge in [0, 0.05) is 19.7 Å². The van der Waals surface area contributed by atoms with Crippen molar-refractivity contribution in [1.82, 2.24) is 4.90 Å². The van der Waals surface area contributed by atoms with Crippen LogP contribution in [0.2, 0.25) is 0 Å². The molecule has 2 fully saturated rings. The molecule has 0 aliphatic carbocycles. The van der Waals surface area contributed by atoms with E-state index in [-0.39, 0.29) is 18.1 Å². The zero-order valence-corrected chi connectivity index (χ0v) is 14.2. The first-order chi connectivity index (χ1) is 11.1. The summed E-state index contributed by atoms with van der Waals surface area (Å²) in [5.41, 5.74) is 2.52. The van der Waals surface area contributed by atoms with Crippen molar-refractivity contribution >= 4 is 5.91 Å². The lowest BCUT2D eigenvalue weighted by Gasteiger charge is -2.34. The third-order valence-electron chi connectivity index (χ3n) is 5.12. The van der Waals surface area contributed by atoms with E-state index in [2.05, 4.69) is 38.1 Å². The first-order valence-electron chi connectivity index (χ1n) is 8.71. The molecule has 2 saturated heterocycles. The normalized spacial score (nSPS) is 25.7. The SMILES string of the molecule is Cc1ccccc1COC1CCN(C(=O)C2OCCC2C)CC1. The number of amides is 1. The molecule has 2 unspecified atom stereocenters. The topological polar surface area (TPSA) is 38.8 Å². The number of ether oxygens (including phenoxy) is 2. The quantitative estimate of drug-likeness (QED) is 0.857. The standard InChI is InChI=1S/C19H27NO3/c1-14-5-3-4-6-16(14)13-23-17-7-10-20(11-8-17)19(21)18-15(2)9-12-22-18/h3-6,15,17-18H,7-13H2,1-2H3. The fourth-order valence-electron chi connectivity index (χ4n) is 3.41. The molecule has 0 spiro atoms. The molecule has 0 bridgehead atoms. The van der Waals surface area contributed by atoms with Crippen LogP contribution in [0.25, 0.3) is 0 Å². The average Bonchev–Trinajstić information content (AvgIpc) is 3.00. The zero-order valence-electron chi connectivity index (χ0n) is 14.2. The summed E-state index contributed by atoms with van der Waals surface area (Å²) in [6.07, 6.45) is 2.85. The first-order valence-corrected chi connectivity index (χ1v) is 8.71. The van der Waals surface area contributed by atoms with Gasteiger partial charge in [-0.2, -0.15) is 0 Å². The molecule has 1 aromatic rings. The molecule has 2 aliphatic heterocycles. The molecule has 1 aromatic carbocycles. The van der Waals surface area contributed by atoms with Gasteiger partial charge in [0.1, 0.15) is 6.10 Å². The molecule has 4 nitrogen and oxygen atoms in total. The van der Waals surface area contributed by atoms with E-state index in [9.17, 15) is 4.79 Å². The summed E-state index contributed by atoms with van der Waals surface area (Å²) >= 11 is 0. The Morgan fingerprint density at radius 3 is 2.65 bits per heavy atom. The molecule has 0 saturated carbocycles. The third kappa shape index (κ3) is 3.93. The van der Waals surface area contributed by atoms with Crippen molar-refractivity contribution in [3.63, 3.8) is 0 Å². The molecule has 3 rings (SSSR count). The number of carbonyl (C=O) groups excluding carboxylic acids is 1. The fourth-order valence-corrected chi connectivity index (χ4v) is 3.41. The number of hydrogen-bond acceptors (Lipinski definition) is 3. The van der Waals surface area contributed by atoms with E-state index in [0.717, 1.165) is 32.4 Å². The summed E-state index contributed by atoms with van der Waals surface area (Å²) in [5, 5.41) is 0. The smallest absolute Gasteiger partial charge is 0.251 e. The summed E-state index contributed by atoms with van der Waals surface area (Å²) < 4.78 is 11.7. The van der Waals surface area contributed by atoms with Gasteiger partial charge >= 0.3 is 0 Å². The Balaban J connectivity index is 1.45. The van der Waals surface area contributed by atoms with Gasteiger partial charge < -0.3 is 14.4 Å².